The van der Waals surface area contributed by atoms with Crippen LogP contribution in [0.1, 0.15) is 46.0 Å². The van der Waals surface area contributed by atoms with E-state index in [1.54, 1.807) is 13.0 Å². The Morgan fingerprint density at radius 1 is 1.48 bits per heavy atom. The van der Waals surface area contributed by atoms with Crippen molar-refractivity contribution in [1.82, 2.24) is 0 Å². The van der Waals surface area contributed by atoms with E-state index >= 15 is 0 Å². The lowest BCUT2D eigenvalue weighted by Gasteiger charge is -2.26. The first-order valence-corrected chi connectivity index (χ1v) is 7.92. The number of aliphatic imine (C=N–C) groups is 1. The molecule has 0 bridgehead atoms. The zero-order chi connectivity index (χ0) is 16.3. The monoisotopic (exact) mass is 344 g/mol. The van der Waals surface area contributed by atoms with Gasteiger partial charge < -0.3 is 15.6 Å². The molecule has 2 unspecified atom stereocenters. The number of rotatable bonds is 8. The van der Waals surface area contributed by atoms with Gasteiger partial charge in [0.1, 0.15) is 0 Å². The number of nitrogens with zero attached hydrogens (tertiary/aromatic N) is 1. The van der Waals surface area contributed by atoms with Crippen LogP contribution >= 0.6 is 12.4 Å². The van der Waals surface area contributed by atoms with Crippen LogP contribution in [0, 0.1) is 11.8 Å². The molecule has 2 rings (SSSR count). The fraction of sp³-hybridized carbons (Fsp3) is 0.688. The normalized spacial score (nSPS) is 24.3. The van der Waals surface area contributed by atoms with Crippen molar-refractivity contribution < 1.29 is 19.4 Å². The summed E-state index contributed by atoms with van der Waals surface area (Å²) in [4.78, 5) is 28.2. The van der Waals surface area contributed by atoms with Crippen LogP contribution in [0.2, 0.25) is 0 Å². The van der Waals surface area contributed by atoms with E-state index < -0.39 is 23.4 Å². The zero-order valence-corrected chi connectivity index (χ0v) is 14.4. The van der Waals surface area contributed by atoms with Crippen molar-refractivity contribution in [2.45, 2.75) is 51.5 Å². The summed E-state index contributed by atoms with van der Waals surface area (Å²) < 4.78 is 5.16. The summed E-state index contributed by atoms with van der Waals surface area (Å²) in [5.74, 6) is -1.44. The SMILES string of the molecule is CCOC(=O)C1(CCC(CC)C(=O)O)N=C(C2CC2)C=C1N.Cl. The van der Waals surface area contributed by atoms with Gasteiger partial charge in [-0.3, -0.25) is 9.79 Å². The molecule has 0 spiro atoms. The molecular formula is C16H25ClN2O4. The molecule has 23 heavy (non-hydrogen) atoms. The molecule has 1 heterocycles. The van der Waals surface area contributed by atoms with E-state index in [0.717, 1.165) is 18.6 Å². The minimum atomic E-state index is -1.23. The van der Waals surface area contributed by atoms with E-state index in [9.17, 15) is 14.7 Å². The van der Waals surface area contributed by atoms with Crippen molar-refractivity contribution in [3.8, 4) is 0 Å². The third-order valence-corrected chi connectivity index (χ3v) is 4.41. The van der Waals surface area contributed by atoms with Gasteiger partial charge in [0.2, 0.25) is 0 Å². The van der Waals surface area contributed by atoms with Gasteiger partial charge >= 0.3 is 11.9 Å². The van der Waals surface area contributed by atoms with Gasteiger partial charge in [-0.15, -0.1) is 12.4 Å². The van der Waals surface area contributed by atoms with Crippen LogP contribution in [-0.4, -0.2) is 34.9 Å². The van der Waals surface area contributed by atoms with Crippen LogP contribution in [0.5, 0.6) is 0 Å². The standard InChI is InChI=1S/C16H24N2O4.ClH/c1-3-10(14(19)20)7-8-16(15(21)22-4-2)13(17)9-12(18-16)11-5-6-11;/h9-11H,3-8,17H2,1-2H3,(H,19,20);1H. The van der Waals surface area contributed by atoms with Crippen molar-refractivity contribution in [2.24, 2.45) is 22.6 Å². The Labute approximate surface area is 142 Å². The molecule has 0 aromatic carbocycles. The lowest BCUT2D eigenvalue weighted by molar-refractivity contribution is -0.149. The number of allylic oxidation sites excluding steroid dienone is 1. The van der Waals surface area contributed by atoms with Crippen molar-refractivity contribution in [3.05, 3.63) is 11.8 Å². The smallest absolute Gasteiger partial charge is 0.340 e. The van der Waals surface area contributed by atoms with Gasteiger partial charge in [0.05, 0.1) is 12.5 Å². The number of carboxylic acid groups (broad SMARTS) is 1. The number of esters is 1. The molecule has 0 amide bonds. The Morgan fingerprint density at radius 2 is 2.13 bits per heavy atom. The Morgan fingerprint density at radius 3 is 2.61 bits per heavy atom. The summed E-state index contributed by atoms with van der Waals surface area (Å²) in [7, 11) is 0. The second kappa shape index (κ2) is 7.81. The van der Waals surface area contributed by atoms with Crippen LogP contribution in [0.25, 0.3) is 0 Å². The number of aliphatic carboxylic acids is 1. The quantitative estimate of drug-likeness (QED) is 0.658. The number of carboxylic acids is 1. The largest absolute Gasteiger partial charge is 0.481 e. The van der Waals surface area contributed by atoms with Gasteiger partial charge in [0, 0.05) is 17.3 Å². The average molecular weight is 345 g/mol. The fourth-order valence-electron chi connectivity index (χ4n) is 2.79. The summed E-state index contributed by atoms with van der Waals surface area (Å²) in [6.07, 6.45) is 5.03. The number of hydrogen-bond donors (Lipinski definition) is 2. The van der Waals surface area contributed by atoms with Crippen molar-refractivity contribution in [1.29, 1.82) is 0 Å². The molecule has 0 aromatic rings. The maximum absolute atomic E-state index is 12.4. The van der Waals surface area contributed by atoms with Crippen molar-refractivity contribution >= 4 is 30.1 Å². The number of carbonyl (C=O) groups is 2. The first-order chi connectivity index (χ1) is 10.4. The predicted octanol–water partition coefficient (Wildman–Crippen LogP) is 2.31. The van der Waals surface area contributed by atoms with Crippen molar-refractivity contribution in [2.75, 3.05) is 6.61 Å². The molecule has 2 aliphatic rings. The highest BCUT2D eigenvalue weighted by atomic mass is 35.5. The first kappa shape index (κ1) is 19.5. The van der Waals surface area contributed by atoms with E-state index in [0.29, 0.717) is 24.5 Å². The molecular weight excluding hydrogens is 320 g/mol. The minimum Gasteiger partial charge on any atom is -0.481 e. The Bertz CT molecular complexity index is 528. The summed E-state index contributed by atoms with van der Waals surface area (Å²) in [5, 5.41) is 9.19. The Hall–Kier alpha value is -1.56. The van der Waals surface area contributed by atoms with Crippen LogP contribution in [0.15, 0.2) is 16.8 Å². The van der Waals surface area contributed by atoms with Gasteiger partial charge in [0.25, 0.3) is 0 Å². The van der Waals surface area contributed by atoms with Gasteiger partial charge in [-0.05, 0) is 45.1 Å². The average Bonchev–Trinajstić information content (AvgIpc) is 3.25. The maximum Gasteiger partial charge on any atom is 0.340 e. The number of hydrogen-bond acceptors (Lipinski definition) is 5. The molecule has 6 nitrogen and oxygen atoms in total. The van der Waals surface area contributed by atoms with Gasteiger partial charge in [-0.2, -0.15) is 0 Å². The van der Waals surface area contributed by atoms with Gasteiger partial charge in [-0.1, -0.05) is 6.92 Å². The number of ether oxygens (including phenoxy) is 1. The molecule has 1 saturated carbocycles. The predicted molar refractivity (Wildman–Crippen MR) is 89.7 cm³/mol. The van der Waals surface area contributed by atoms with E-state index in [1.807, 2.05) is 6.92 Å². The number of carbonyl (C=O) groups excluding carboxylic acids is 1. The fourth-order valence-corrected chi connectivity index (χ4v) is 2.79. The van der Waals surface area contributed by atoms with Crippen LogP contribution < -0.4 is 5.73 Å². The van der Waals surface area contributed by atoms with Gasteiger partial charge in [-0.25, -0.2) is 4.79 Å². The van der Waals surface area contributed by atoms with E-state index in [4.69, 9.17) is 10.5 Å². The van der Waals surface area contributed by atoms with E-state index in [1.165, 1.54) is 0 Å². The maximum atomic E-state index is 12.4. The third-order valence-electron chi connectivity index (χ3n) is 4.41. The third kappa shape index (κ3) is 4.05. The molecule has 7 heteroatoms. The molecule has 130 valence electrons. The van der Waals surface area contributed by atoms with Crippen LogP contribution in [-0.2, 0) is 14.3 Å². The molecule has 2 atom stereocenters. The molecule has 3 N–H and O–H groups in total. The highest BCUT2D eigenvalue weighted by Crippen LogP contribution is 2.40. The Kier molecular flexibility index (Phi) is 6.62. The number of halogens is 1. The second-order valence-electron chi connectivity index (χ2n) is 5.97. The summed E-state index contributed by atoms with van der Waals surface area (Å²) in [5.41, 5.74) is 6.12. The summed E-state index contributed by atoms with van der Waals surface area (Å²) in [6, 6.07) is 0. The first-order valence-electron chi connectivity index (χ1n) is 7.92. The van der Waals surface area contributed by atoms with E-state index in [2.05, 4.69) is 4.99 Å². The number of nitrogens with two attached hydrogens (primary N) is 1. The van der Waals surface area contributed by atoms with Crippen molar-refractivity contribution in [3.63, 3.8) is 0 Å². The lowest BCUT2D eigenvalue weighted by atomic mass is 9.87. The van der Waals surface area contributed by atoms with Crippen LogP contribution in [0.3, 0.4) is 0 Å². The molecule has 1 aliphatic carbocycles. The molecule has 1 fully saturated rings. The lowest BCUT2D eigenvalue weighted by Crippen LogP contribution is -2.42. The molecule has 0 saturated heterocycles. The summed E-state index contributed by atoms with van der Waals surface area (Å²) in [6.45, 7) is 3.80. The van der Waals surface area contributed by atoms with E-state index in [-0.39, 0.29) is 25.4 Å². The Balaban J connectivity index is 0.00000264. The molecule has 1 aliphatic heterocycles. The van der Waals surface area contributed by atoms with Crippen LogP contribution in [0.4, 0.5) is 0 Å². The molecule has 0 aromatic heterocycles. The second-order valence-corrected chi connectivity index (χ2v) is 5.97. The molecule has 0 radical (unpaired) electrons. The topological polar surface area (TPSA) is 102 Å². The minimum absolute atomic E-state index is 0. The summed E-state index contributed by atoms with van der Waals surface area (Å²) >= 11 is 0. The van der Waals surface area contributed by atoms with Gasteiger partial charge in [0.15, 0.2) is 5.54 Å². The highest BCUT2D eigenvalue weighted by Gasteiger charge is 2.48. The zero-order valence-electron chi connectivity index (χ0n) is 13.6. The highest BCUT2D eigenvalue weighted by molar-refractivity contribution is 6.06.